The first-order chi connectivity index (χ1) is 9.92. The lowest BCUT2D eigenvalue weighted by atomic mass is 9.92. The molecule has 2 aromatic rings. The van der Waals surface area contributed by atoms with E-state index in [-0.39, 0.29) is 11.4 Å². The predicted molar refractivity (Wildman–Crippen MR) is 84.0 cm³/mol. The van der Waals surface area contributed by atoms with Crippen molar-refractivity contribution in [3.8, 4) is 0 Å². The van der Waals surface area contributed by atoms with Gasteiger partial charge in [-0.15, -0.1) is 0 Å². The van der Waals surface area contributed by atoms with Crippen molar-refractivity contribution in [2.45, 2.75) is 51.5 Å². The number of halogens is 1. The number of benzene rings is 1. The van der Waals surface area contributed by atoms with Crippen LogP contribution in [0.3, 0.4) is 0 Å². The van der Waals surface area contributed by atoms with Gasteiger partial charge in [0.15, 0.2) is 0 Å². The Hall–Kier alpha value is -1.35. The van der Waals surface area contributed by atoms with Crippen LogP contribution in [0.25, 0.3) is 11.0 Å². The number of hydrogen-bond donors (Lipinski definition) is 1. The zero-order chi connectivity index (χ0) is 15.0. The van der Waals surface area contributed by atoms with Gasteiger partial charge in [-0.05, 0) is 70.3 Å². The second-order valence-corrected chi connectivity index (χ2v) is 7.26. The zero-order valence-electron chi connectivity index (χ0n) is 13.1. The van der Waals surface area contributed by atoms with Crippen LogP contribution < -0.4 is 5.32 Å². The molecule has 1 aromatic carbocycles. The van der Waals surface area contributed by atoms with Crippen molar-refractivity contribution in [2.75, 3.05) is 6.54 Å². The van der Waals surface area contributed by atoms with Gasteiger partial charge in [-0.1, -0.05) is 6.42 Å². The van der Waals surface area contributed by atoms with Gasteiger partial charge in [0, 0.05) is 16.8 Å². The van der Waals surface area contributed by atoms with Gasteiger partial charge < -0.3 is 9.73 Å². The molecule has 1 fully saturated rings. The van der Waals surface area contributed by atoms with Crippen LogP contribution in [0, 0.1) is 11.7 Å². The highest BCUT2D eigenvalue weighted by molar-refractivity contribution is 5.78. The van der Waals surface area contributed by atoms with Crippen LogP contribution in [-0.2, 0) is 0 Å². The molecular weight excluding hydrogens is 265 g/mol. The smallest absolute Gasteiger partial charge is 0.134 e. The van der Waals surface area contributed by atoms with Gasteiger partial charge >= 0.3 is 0 Å². The van der Waals surface area contributed by atoms with E-state index in [2.05, 4.69) is 26.1 Å². The van der Waals surface area contributed by atoms with Crippen molar-refractivity contribution < 1.29 is 8.81 Å². The molecule has 0 bridgehead atoms. The predicted octanol–water partition coefficient (Wildman–Crippen LogP) is 4.84. The van der Waals surface area contributed by atoms with Crippen LogP contribution in [0.2, 0.25) is 0 Å². The molecule has 2 unspecified atom stereocenters. The summed E-state index contributed by atoms with van der Waals surface area (Å²) in [5.74, 6) is 1.88. The highest BCUT2D eigenvalue weighted by Crippen LogP contribution is 2.41. The topological polar surface area (TPSA) is 25.2 Å². The highest BCUT2D eigenvalue weighted by atomic mass is 19.1. The van der Waals surface area contributed by atoms with Gasteiger partial charge in [0.1, 0.15) is 17.2 Å². The number of hydrogen-bond acceptors (Lipinski definition) is 2. The SMILES string of the molecule is CC(C)(C)NCC1CCCC1c1cc2cc(F)ccc2o1. The van der Waals surface area contributed by atoms with E-state index in [1.54, 1.807) is 12.1 Å². The van der Waals surface area contributed by atoms with Gasteiger partial charge in [0.05, 0.1) is 0 Å². The molecule has 0 aliphatic heterocycles. The lowest BCUT2D eigenvalue weighted by Crippen LogP contribution is -2.39. The molecule has 21 heavy (non-hydrogen) atoms. The quantitative estimate of drug-likeness (QED) is 0.874. The van der Waals surface area contributed by atoms with Crippen molar-refractivity contribution in [2.24, 2.45) is 5.92 Å². The minimum absolute atomic E-state index is 0.143. The third kappa shape index (κ3) is 3.29. The van der Waals surface area contributed by atoms with E-state index in [0.29, 0.717) is 11.8 Å². The molecule has 2 atom stereocenters. The molecule has 0 amide bonds. The Morgan fingerprint density at radius 2 is 2.05 bits per heavy atom. The molecule has 3 rings (SSSR count). The van der Waals surface area contributed by atoms with Crippen molar-refractivity contribution in [1.82, 2.24) is 5.32 Å². The fraction of sp³-hybridized carbons (Fsp3) is 0.556. The van der Waals surface area contributed by atoms with Crippen molar-refractivity contribution in [1.29, 1.82) is 0 Å². The van der Waals surface area contributed by atoms with Gasteiger partial charge in [-0.2, -0.15) is 0 Å². The molecular formula is C18H24FNO. The highest BCUT2D eigenvalue weighted by Gasteiger charge is 2.31. The zero-order valence-corrected chi connectivity index (χ0v) is 13.1. The Labute approximate surface area is 125 Å². The number of fused-ring (bicyclic) bond motifs is 1. The van der Waals surface area contributed by atoms with Crippen LogP contribution in [0.1, 0.15) is 51.7 Å². The monoisotopic (exact) mass is 289 g/mol. The van der Waals surface area contributed by atoms with Crippen LogP contribution in [-0.4, -0.2) is 12.1 Å². The number of furan rings is 1. The van der Waals surface area contributed by atoms with E-state index in [4.69, 9.17) is 4.42 Å². The normalized spacial score (nSPS) is 23.0. The second-order valence-electron chi connectivity index (χ2n) is 7.26. The minimum Gasteiger partial charge on any atom is -0.461 e. The van der Waals surface area contributed by atoms with E-state index in [1.165, 1.54) is 25.3 Å². The largest absolute Gasteiger partial charge is 0.461 e. The Morgan fingerprint density at radius 1 is 1.24 bits per heavy atom. The molecule has 1 aliphatic rings. The summed E-state index contributed by atoms with van der Waals surface area (Å²) in [6, 6.07) is 6.77. The van der Waals surface area contributed by atoms with Gasteiger partial charge in [0.25, 0.3) is 0 Å². The molecule has 1 aromatic heterocycles. The van der Waals surface area contributed by atoms with Crippen molar-refractivity contribution in [3.63, 3.8) is 0 Å². The first-order valence-corrected chi connectivity index (χ1v) is 7.86. The van der Waals surface area contributed by atoms with Gasteiger partial charge in [0.2, 0.25) is 0 Å². The molecule has 2 nitrogen and oxygen atoms in total. The second kappa shape index (κ2) is 5.45. The maximum Gasteiger partial charge on any atom is 0.134 e. The maximum atomic E-state index is 13.3. The summed E-state index contributed by atoms with van der Waals surface area (Å²) in [7, 11) is 0. The van der Waals surface area contributed by atoms with Crippen molar-refractivity contribution >= 4 is 11.0 Å². The first-order valence-electron chi connectivity index (χ1n) is 7.86. The van der Waals surface area contributed by atoms with E-state index < -0.39 is 0 Å². The van der Waals surface area contributed by atoms with E-state index >= 15 is 0 Å². The fourth-order valence-electron chi connectivity index (χ4n) is 3.31. The average molecular weight is 289 g/mol. The number of nitrogens with one attached hydrogen (secondary N) is 1. The first kappa shape index (κ1) is 14.6. The number of rotatable bonds is 3. The summed E-state index contributed by atoms with van der Waals surface area (Å²) in [6.07, 6.45) is 3.64. The van der Waals surface area contributed by atoms with E-state index in [9.17, 15) is 4.39 Å². The molecule has 1 saturated carbocycles. The molecule has 0 spiro atoms. The Morgan fingerprint density at radius 3 is 2.81 bits per heavy atom. The standard InChI is InChI=1S/C18H24FNO/c1-18(2,3)20-11-12-5-4-6-15(12)17-10-13-9-14(19)7-8-16(13)21-17/h7-10,12,15,20H,4-6,11H2,1-3H3. The van der Waals surface area contributed by atoms with Crippen LogP contribution >= 0.6 is 0 Å². The van der Waals surface area contributed by atoms with Crippen LogP contribution in [0.15, 0.2) is 28.7 Å². The van der Waals surface area contributed by atoms with Crippen LogP contribution in [0.4, 0.5) is 4.39 Å². The molecule has 1 N–H and O–H groups in total. The molecule has 0 radical (unpaired) electrons. The maximum absolute atomic E-state index is 13.3. The lowest BCUT2D eigenvalue weighted by Gasteiger charge is -2.25. The molecule has 0 saturated heterocycles. The minimum atomic E-state index is -0.202. The third-order valence-corrected chi connectivity index (χ3v) is 4.42. The average Bonchev–Trinajstić information content (AvgIpc) is 3.00. The summed E-state index contributed by atoms with van der Waals surface area (Å²) < 4.78 is 19.3. The molecule has 1 heterocycles. The Bertz CT molecular complexity index is 626. The molecule has 1 aliphatic carbocycles. The lowest BCUT2D eigenvalue weighted by molar-refractivity contribution is 0.338. The summed E-state index contributed by atoms with van der Waals surface area (Å²) in [6.45, 7) is 7.60. The van der Waals surface area contributed by atoms with E-state index in [0.717, 1.165) is 23.3 Å². The summed E-state index contributed by atoms with van der Waals surface area (Å²) in [5.41, 5.74) is 0.935. The fourth-order valence-corrected chi connectivity index (χ4v) is 3.31. The van der Waals surface area contributed by atoms with E-state index in [1.807, 2.05) is 6.07 Å². The third-order valence-electron chi connectivity index (χ3n) is 4.42. The van der Waals surface area contributed by atoms with Gasteiger partial charge in [-0.25, -0.2) is 4.39 Å². The van der Waals surface area contributed by atoms with Gasteiger partial charge in [-0.3, -0.25) is 0 Å². The Kier molecular flexibility index (Phi) is 3.78. The van der Waals surface area contributed by atoms with Crippen LogP contribution in [0.5, 0.6) is 0 Å². The summed E-state index contributed by atoms with van der Waals surface area (Å²) in [5, 5.41) is 4.48. The van der Waals surface area contributed by atoms with Crippen molar-refractivity contribution in [3.05, 3.63) is 35.8 Å². The summed E-state index contributed by atoms with van der Waals surface area (Å²) in [4.78, 5) is 0. The Balaban J connectivity index is 1.80. The molecule has 3 heteroatoms. The molecule has 114 valence electrons. The summed E-state index contributed by atoms with van der Waals surface area (Å²) >= 11 is 0.